The number of rotatable bonds is 1. The molecule has 0 aliphatic rings. The van der Waals surface area contributed by atoms with E-state index in [0.29, 0.717) is 5.69 Å². The molecule has 14 heavy (non-hydrogen) atoms. The van der Waals surface area contributed by atoms with Gasteiger partial charge in [0.1, 0.15) is 0 Å². The highest BCUT2D eigenvalue weighted by atomic mass is 16.4. The van der Waals surface area contributed by atoms with E-state index in [4.69, 9.17) is 10.8 Å². The summed E-state index contributed by atoms with van der Waals surface area (Å²) in [5.41, 5.74) is 5.80. The molecule has 0 bridgehead atoms. The van der Waals surface area contributed by atoms with Gasteiger partial charge >= 0.3 is 5.97 Å². The zero-order chi connectivity index (χ0) is 11.6. The molecule has 1 aromatic carbocycles. The van der Waals surface area contributed by atoms with E-state index in [-0.39, 0.29) is 5.56 Å². The lowest BCUT2D eigenvalue weighted by atomic mass is 10.2. The predicted molar refractivity (Wildman–Crippen MR) is 60.5 cm³/mol. The Bertz CT molecular complexity index is 259. The van der Waals surface area contributed by atoms with E-state index in [9.17, 15) is 4.79 Å². The van der Waals surface area contributed by atoms with Crippen LogP contribution in [0.5, 0.6) is 0 Å². The second kappa shape index (κ2) is 9.58. The number of hydrogen-bond acceptors (Lipinski definition) is 2. The molecule has 0 saturated carbocycles. The van der Waals surface area contributed by atoms with E-state index in [1.54, 1.807) is 18.2 Å². The molecule has 0 fully saturated rings. The van der Waals surface area contributed by atoms with Crippen LogP contribution in [0.3, 0.4) is 0 Å². The molecule has 1 rings (SSSR count). The molecule has 3 nitrogen and oxygen atoms in total. The van der Waals surface area contributed by atoms with E-state index in [1.165, 1.54) is 6.07 Å². The van der Waals surface area contributed by atoms with Crippen LogP contribution in [0.25, 0.3) is 0 Å². The van der Waals surface area contributed by atoms with Crippen LogP contribution >= 0.6 is 0 Å². The number of benzene rings is 1. The average molecular weight is 197 g/mol. The summed E-state index contributed by atoms with van der Waals surface area (Å²) in [5, 5.41) is 8.49. The number of carbonyl (C=O) groups is 1. The molecule has 0 heterocycles. The van der Waals surface area contributed by atoms with Gasteiger partial charge in [0, 0.05) is 5.69 Å². The molecule has 0 unspecified atom stereocenters. The smallest absolute Gasteiger partial charge is 0.337 e. The summed E-state index contributed by atoms with van der Waals surface area (Å²) >= 11 is 0. The molecule has 80 valence electrons. The first-order valence-corrected chi connectivity index (χ1v) is 4.79. The normalized spacial score (nSPS) is 7.43. The fourth-order valence-corrected chi connectivity index (χ4v) is 0.692. The van der Waals surface area contributed by atoms with E-state index < -0.39 is 5.97 Å². The van der Waals surface area contributed by atoms with Crippen molar-refractivity contribution in [3.63, 3.8) is 0 Å². The Balaban J connectivity index is 0. The van der Waals surface area contributed by atoms with Gasteiger partial charge in [-0.25, -0.2) is 4.79 Å². The Kier molecular flexibility index (Phi) is 10.3. The van der Waals surface area contributed by atoms with Crippen LogP contribution in [-0.2, 0) is 0 Å². The van der Waals surface area contributed by atoms with Gasteiger partial charge in [0.2, 0.25) is 0 Å². The second-order valence-corrected chi connectivity index (χ2v) is 1.89. The molecule has 0 aliphatic carbocycles. The van der Waals surface area contributed by atoms with Crippen molar-refractivity contribution in [3.8, 4) is 0 Å². The highest BCUT2D eigenvalue weighted by Crippen LogP contribution is 2.08. The SMILES string of the molecule is CC.CC.Nc1ccccc1C(=O)O. The van der Waals surface area contributed by atoms with Crippen molar-refractivity contribution in [2.75, 3.05) is 5.73 Å². The van der Waals surface area contributed by atoms with Crippen molar-refractivity contribution in [1.29, 1.82) is 0 Å². The van der Waals surface area contributed by atoms with E-state index in [0.717, 1.165) is 0 Å². The summed E-state index contributed by atoms with van der Waals surface area (Å²) < 4.78 is 0. The first kappa shape index (κ1) is 15.0. The standard InChI is InChI=1S/C7H7NO2.2C2H6/c8-6-4-2-1-3-5(6)7(9)10;2*1-2/h1-4H,8H2,(H,9,10);2*1-2H3. The Morgan fingerprint density at radius 1 is 1.14 bits per heavy atom. The summed E-state index contributed by atoms with van der Waals surface area (Å²) in [6.45, 7) is 8.00. The van der Waals surface area contributed by atoms with Crippen LogP contribution in [0.4, 0.5) is 5.69 Å². The molecule has 0 atom stereocenters. The number of hydrogen-bond donors (Lipinski definition) is 2. The number of nitrogen functional groups attached to an aromatic ring is 1. The Morgan fingerprint density at radius 2 is 1.57 bits per heavy atom. The molecule has 0 amide bonds. The lowest BCUT2D eigenvalue weighted by Gasteiger charge is -1.96. The molecule has 3 heteroatoms. The third-order valence-corrected chi connectivity index (χ3v) is 1.19. The van der Waals surface area contributed by atoms with Gasteiger partial charge in [-0.05, 0) is 12.1 Å². The molecular weight excluding hydrogens is 178 g/mol. The van der Waals surface area contributed by atoms with E-state index >= 15 is 0 Å². The van der Waals surface area contributed by atoms with Crippen molar-refractivity contribution >= 4 is 11.7 Å². The minimum absolute atomic E-state index is 0.155. The van der Waals surface area contributed by atoms with E-state index in [1.807, 2.05) is 27.7 Å². The number of carboxylic acid groups (broad SMARTS) is 1. The van der Waals surface area contributed by atoms with Gasteiger partial charge < -0.3 is 10.8 Å². The average Bonchev–Trinajstić information content (AvgIpc) is 2.24. The first-order valence-electron chi connectivity index (χ1n) is 4.79. The monoisotopic (exact) mass is 197 g/mol. The van der Waals surface area contributed by atoms with Crippen molar-refractivity contribution in [3.05, 3.63) is 29.8 Å². The van der Waals surface area contributed by atoms with Gasteiger partial charge in [-0.2, -0.15) is 0 Å². The summed E-state index contributed by atoms with van der Waals surface area (Å²) in [6, 6.07) is 6.36. The number of anilines is 1. The minimum Gasteiger partial charge on any atom is -0.478 e. The van der Waals surface area contributed by atoms with Crippen molar-refractivity contribution < 1.29 is 9.90 Å². The molecular formula is C11H19NO2. The maximum atomic E-state index is 10.3. The van der Waals surface area contributed by atoms with E-state index in [2.05, 4.69) is 0 Å². The molecule has 3 N–H and O–H groups in total. The zero-order valence-corrected chi connectivity index (χ0v) is 9.24. The zero-order valence-electron chi connectivity index (χ0n) is 9.24. The van der Waals surface area contributed by atoms with Crippen molar-refractivity contribution in [1.82, 2.24) is 0 Å². The topological polar surface area (TPSA) is 63.3 Å². The summed E-state index contributed by atoms with van der Waals surface area (Å²) in [4.78, 5) is 10.3. The molecule has 0 aromatic heterocycles. The van der Waals surface area contributed by atoms with Gasteiger partial charge in [-0.15, -0.1) is 0 Å². The lowest BCUT2D eigenvalue weighted by Crippen LogP contribution is -2.00. The summed E-state index contributed by atoms with van der Waals surface area (Å²) in [5.74, 6) is -0.988. The minimum atomic E-state index is -0.988. The third-order valence-electron chi connectivity index (χ3n) is 1.19. The highest BCUT2D eigenvalue weighted by molar-refractivity contribution is 5.93. The van der Waals surface area contributed by atoms with Gasteiger partial charge in [0.05, 0.1) is 5.56 Å². The highest BCUT2D eigenvalue weighted by Gasteiger charge is 2.03. The number of nitrogens with two attached hydrogens (primary N) is 1. The Hall–Kier alpha value is -1.51. The third kappa shape index (κ3) is 5.19. The molecule has 1 aromatic rings. The van der Waals surface area contributed by atoms with Crippen LogP contribution in [0.1, 0.15) is 38.1 Å². The molecule has 0 saturated heterocycles. The number of aromatic carboxylic acids is 1. The largest absolute Gasteiger partial charge is 0.478 e. The van der Waals surface area contributed by atoms with Crippen molar-refractivity contribution in [2.45, 2.75) is 27.7 Å². The second-order valence-electron chi connectivity index (χ2n) is 1.89. The van der Waals surface area contributed by atoms with Crippen LogP contribution in [-0.4, -0.2) is 11.1 Å². The lowest BCUT2D eigenvalue weighted by molar-refractivity contribution is 0.0698. The number of para-hydroxylation sites is 1. The molecule has 0 spiro atoms. The first-order chi connectivity index (χ1) is 6.72. The number of carboxylic acids is 1. The maximum Gasteiger partial charge on any atom is 0.337 e. The fourth-order valence-electron chi connectivity index (χ4n) is 0.692. The maximum absolute atomic E-state index is 10.3. The van der Waals surface area contributed by atoms with Gasteiger partial charge in [-0.1, -0.05) is 39.8 Å². The summed E-state index contributed by atoms with van der Waals surface area (Å²) in [6.07, 6.45) is 0. The Morgan fingerprint density at radius 3 is 1.86 bits per heavy atom. The van der Waals surface area contributed by atoms with Gasteiger partial charge in [0.15, 0.2) is 0 Å². The van der Waals surface area contributed by atoms with Crippen LogP contribution in [0, 0.1) is 0 Å². The van der Waals surface area contributed by atoms with Gasteiger partial charge in [-0.3, -0.25) is 0 Å². The quantitative estimate of drug-likeness (QED) is 0.680. The van der Waals surface area contributed by atoms with Crippen molar-refractivity contribution in [2.24, 2.45) is 0 Å². The Labute approximate surface area is 85.6 Å². The molecule has 0 radical (unpaired) electrons. The molecule has 0 aliphatic heterocycles. The van der Waals surface area contributed by atoms with Crippen LogP contribution < -0.4 is 5.73 Å². The van der Waals surface area contributed by atoms with Crippen LogP contribution in [0.2, 0.25) is 0 Å². The summed E-state index contributed by atoms with van der Waals surface area (Å²) in [7, 11) is 0. The fraction of sp³-hybridized carbons (Fsp3) is 0.364. The van der Waals surface area contributed by atoms with Gasteiger partial charge in [0.25, 0.3) is 0 Å². The van der Waals surface area contributed by atoms with Crippen LogP contribution in [0.15, 0.2) is 24.3 Å². The predicted octanol–water partition coefficient (Wildman–Crippen LogP) is 3.02.